The number of halogens is 3. The molecule has 0 spiro atoms. The van der Waals surface area contributed by atoms with Gasteiger partial charge >= 0.3 is 12.1 Å². The molecule has 0 aromatic heterocycles. The number of unbranched alkanes of at least 4 members (excludes halogenated alkanes) is 3. The smallest absolute Gasteiger partial charge is 0.475 e. The summed E-state index contributed by atoms with van der Waals surface area (Å²) >= 11 is 0. The van der Waals surface area contributed by atoms with Crippen LogP contribution < -0.4 is 16.4 Å². The van der Waals surface area contributed by atoms with Crippen LogP contribution in [0.25, 0.3) is 0 Å². The molecule has 13 heteroatoms. The number of nitrogens with zero attached hydrogens (tertiary/aromatic N) is 1. The fraction of sp³-hybridized carbons (Fsp3) is 0.476. The number of amides is 4. The third-order valence-electron chi connectivity index (χ3n) is 5.16. The lowest BCUT2D eigenvalue weighted by atomic mass is 10.0. The zero-order valence-electron chi connectivity index (χ0n) is 18.1. The molecule has 1 aromatic rings. The molecule has 2 aliphatic rings. The molecule has 34 heavy (non-hydrogen) atoms. The minimum Gasteiger partial charge on any atom is -0.475 e. The number of hydrogen-bond donors (Lipinski definition) is 4. The molecular weight excluding hydrogens is 461 g/mol. The highest BCUT2D eigenvalue weighted by Gasteiger charge is 2.45. The van der Waals surface area contributed by atoms with Crippen molar-refractivity contribution in [3.63, 3.8) is 0 Å². The van der Waals surface area contributed by atoms with Crippen LogP contribution >= 0.6 is 0 Å². The number of benzene rings is 1. The first-order valence-corrected chi connectivity index (χ1v) is 10.6. The summed E-state index contributed by atoms with van der Waals surface area (Å²) in [5.41, 5.74) is 6.67. The fourth-order valence-electron chi connectivity index (χ4n) is 3.51. The molecule has 0 aliphatic carbocycles. The zero-order chi connectivity index (χ0) is 25.5. The third kappa shape index (κ3) is 6.53. The largest absolute Gasteiger partial charge is 0.490 e. The van der Waals surface area contributed by atoms with Crippen LogP contribution in [0, 0.1) is 0 Å². The number of carbonyl (C=O) groups excluding carboxylic acids is 4. The maximum atomic E-state index is 12.9. The monoisotopic (exact) mass is 486 g/mol. The summed E-state index contributed by atoms with van der Waals surface area (Å²) in [4.78, 5) is 59.0. The Morgan fingerprint density at radius 2 is 1.76 bits per heavy atom. The van der Waals surface area contributed by atoms with Crippen molar-refractivity contribution in [1.82, 2.24) is 10.2 Å². The second-order valence-electron chi connectivity index (χ2n) is 7.61. The predicted octanol–water partition coefficient (Wildman–Crippen LogP) is 1.65. The van der Waals surface area contributed by atoms with Crippen molar-refractivity contribution in [2.75, 3.05) is 18.4 Å². The van der Waals surface area contributed by atoms with E-state index in [1.165, 1.54) is 0 Å². The molecule has 1 unspecified atom stereocenters. The van der Waals surface area contributed by atoms with E-state index in [9.17, 15) is 32.3 Å². The molecular formula is C21H25F3N4O6. The molecule has 0 bridgehead atoms. The molecule has 10 nitrogen and oxygen atoms in total. The highest BCUT2D eigenvalue weighted by molar-refractivity contribution is 6.25. The molecule has 0 radical (unpaired) electrons. The van der Waals surface area contributed by atoms with Gasteiger partial charge in [0.1, 0.15) is 6.04 Å². The normalized spacial score (nSPS) is 17.6. The van der Waals surface area contributed by atoms with Crippen LogP contribution in [-0.2, 0) is 14.4 Å². The van der Waals surface area contributed by atoms with Gasteiger partial charge in [0, 0.05) is 18.7 Å². The summed E-state index contributed by atoms with van der Waals surface area (Å²) in [7, 11) is 0. The minimum atomic E-state index is -5.08. The first-order chi connectivity index (χ1) is 16.0. The van der Waals surface area contributed by atoms with Crippen molar-refractivity contribution in [2.45, 2.75) is 50.7 Å². The Morgan fingerprint density at radius 1 is 1.12 bits per heavy atom. The van der Waals surface area contributed by atoms with Crippen LogP contribution in [-0.4, -0.2) is 64.9 Å². The van der Waals surface area contributed by atoms with Crippen molar-refractivity contribution in [2.24, 2.45) is 5.73 Å². The Labute approximate surface area is 192 Å². The molecule has 186 valence electrons. The second kappa shape index (κ2) is 11.6. The number of fused-ring (bicyclic) bond motifs is 1. The van der Waals surface area contributed by atoms with Gasteiger partial charge in [0.05, 0.1) is 11.1 Å². The number of hydrogen-bond acceptors (Lipinski definition) is 7. The van der Waals surface area contributed by atoms with Gasteiger partial charge in [0.25, 0.3) is 11.8 Å². The van der Waals surface area contributed by atoms with E-state index in [4.69, 9.17) is 15.6 Å². The first kappa shape index (κ1) is 26.8. The summed E-state index contributed by atoms with van der Waals surface area (Å²) in [5.74, 6) is -4.72. The van der Waals surface area contributed by atoms with E-state index >= 15 is 0 Å². The molecule has 2 heterocycles. The number of nitrogens with one attached hydrogen (secondary N) is 2. The summed E-state index contributed by atoms with van der Waals surface area (Å²) < 4.78 is 31.7. The molecule has 4 amide bonds. The lowest BCUT2D eigenvalue weighted by Gasteiger charge is -2.27. The number of carbonyl (C=O) groups is 5. The summed E-state index contributed by atoms with van der Waals surface area (Å²) in [5, 5.41) is 12.6. The SMILES string of the molecule is NCCCCCCNc1cccc2c1C(=O)N(C1CCC(=O)NC1=O)C2=O.O=C(O)C(F)(F)F. The number of imide groups is 2. The Morgan fingerprint density at radius 3 is 2.35 bits per heavy atom. The Hall–Kier alpha value is -3.48. The molecule has 1 atom stereocenters. The molecule has 1 saturated heterocycles. The van der Waals surface area contributed by atoms with E-state index in [1.807, 2.05) is 0 Å². The van der Waals surface area contributed by atoms with Crippen LogP contribution in [0.3, 0.4) is 0 Å². The van der Waals surface area contributed by atoms with Gasteiger partial charge in [-0.15, -0.1) is 0 Å². The topological polar surface area (TPSA) is 159 Å². The lowest BCUT2D eigenvalue weighted by molar-refractivity contribution is -0.192. The molecule has 1 aromatic carbocycles. The quantitative estimate of drug-likeness (QED) is 0.319. The number of nitrogens with two attached hydrogens (primary N) is 1. The Bertz CT molecular complexity index is 966. The molecule has 2 aliphatic heterocycles. The first-order valence-electron chi connectivity index (χ1n) is 10.6. The van der Waals surface area contributed by atoms with Crippen molar-refractivity contribution < 1.29 is 42.3 Å². The van der Waals surface area contributed by atoms with Gasteiger partial charge in [-0.05, 0) is 37.9 Å². The van der Waals surface area contributed by atoms with E-state index in [0.29, 0.717) is 24.3 Å². The summed E-state index contributed by atoms with van der Waals surface area (Å²) in [6, 6.07) is 4.12. The van der Waals surface area contributed by atoms with Crippen molar-refractivity contribution in [3.8, 4) is 0 Å². The van der Waals surface area contributed by atoms with Crippen LogP contribution in [0.1, 0.15) is 59.2 Å². The summed E-state index contributed by atoms with van der Waals surface area (Å²) in [6.45, 7) is 1.37. The maximum Gasteiger partial charge on any atom is 0.490 e. The number of carboxylic acid groups (broad SMARTS) is 1. The van der Waals surface area contributed by atoms with Gasteiger partial charge < -0.3 is 16.2 Å². The Balaban J connectivity index is 0.000000509. The number of carboxylic acids is 1. The highest BCUT2D eigenvalue weighted by Crippen LogP contribution is 2.32. The predicted molar refractivity (Wildman–Crippen MR) is 113 cm³/mol. The van der Waals surface area contributed by atoms with E-state index in [2.05, 4.69) is 10.6 Å². The molecule has 0 saturated carbocycles. The van der Waals surface area contributed by atoms with Gasteiger partial charge in [-0.1, -0.05) is 18.9 Å². The van der Waals surface area contributed by atoms with E-state index < -0.39 is 35.9 Å². The van der Waals surface area contributed by atoms with Crippen LogP contribution in [0.5, 0.6) is 0 Å². The lowest BCUT2D eigenvalue weighted by Crippen LogP contribution is -2.54. The van der Waals surface area contributed by atoms with Gasteiger partial charge in [0.2, 0.25) is 11.8 Å². The highest BCUT2D eigenvalue weighted by atomic mass is 19.4. The average molecular weight is 486 g/mol. The minimum absolute atomic E-state index is 0.109. The number of alkyl halides is 3. The van der Waals surface area contributed by atoms with Crippen molar-refractivity contribution >= 4 is 35.3 Å². The van der Waals surface area contributed by atoms with E-state index in [0.717, 1.165) is 30.6 Å². The average Bonchev–Trinajstić information content (AvgIpc) is 3.01. The van der Waals surface area contributed by atoms with Gasteiger partial charge in [-0.3, -0.25) is 29.4 Å². The number of rotatable bonds is 8. The zero-order valence-corrected chi connectivity index (χ0v) is 18.1. The fourth-order valence-corrected chi connectivity index (χ4v) is 3.51. The van der Waals surface area contributed by atoms with E-state index in [1.54, 1.807) is 18.2 Å². The number of aliphatic carboxylic acids is 1. The van der Waals surface area contributed by atoms with Crippen LogP contribution in [0.15, 0.2) is 18.2 Å². The van der Waals surface area contributed by atoms with Gasteiger partial charge in [-0.2, -0.15) is 13.2 Å². The van der Waals surface area contributed by atoms with Crippen molar-refractivity contribution in [1.29, 1.82) is 0 Å². The number of piperidine rings is 1. The molecule has 5 N–H and O–H groups in total. The molecule has 3 rings (SSSR count). The third-order valence-corrected chi connectivity index (χ3v) is 5.16. The van der Waals surface area contributed by atoms with Gasteiger partial charge in [0.15, 0.2) is 0 Å². The van der Waals surface area contributed by atoms with Crippen LogP contribution in [0.2, 0.25) is 0 Å². The summed E-state index contributed by atoms with van der Waals surface area (Å²) in [6.07, 6.45) is -0.796. The molecule has 1 fully saturated rings. The second-order valence-corrected chi connectivity index (χ2v) is 7.61. The standard InChI is InChI=1S/C19H24N4O4.C2HF3O2/c20-10-3-1-2-4-11-21-13-7-5-6-12-16(13)19(27)23(18(12)26)14-8-9-15(24)22-17(14)25;3-2(4,5)1(6)7/h5-7,14,21H,1-4,8-11,20H2,(H,22,24,25);(H,6,7). The van der Waals surface area contributed by atoms with Gasteiger partial charge in [-0.25, -0.2) is 4.79 Å². The Kier molecular flexibility index (Phi) is 9.12. The number of anilines is 1. The van der Waals surface area contributed by atoms with Crippen molar-refractivity contribution in [3.05, 3.63) is 29.3 Å². The van der Waals surface area contributed by atoms with Crippen LogP contribution in [0.4, 0.5) is 18.9 Å². The van der Waals surface area contributed by atoms with E-state index in [-0.39, 0.29) is 24.3 Å². The maximum absolute atomic E-state index is 12.9.